The van der Waals surface area contributed by atoms with Crippen molar-refractivity contribution in [1.82, 2.24) is 0 Å². The van der Waals surface area contributed by atoms with Crippen LogP contribution in [0.5, 0.6) is 0 Å². The van der Waals surface area contributed by atoms with E-state index >= 15 is 8.78 Å². The monoisotopic (exact) mass is 411 g/mol. The highest BCUT2D eigenvalue weighted by Crippen LogP contribution is 2.50. The first-order chi connectivity index (χ1) is 13.0. The van der Waals surface area contributed by atoms with Crippen molar-refractivity contribution in [2.24, 2.45) is 4.99 Å². The van der Waals surface area contributed by atoms with Crippen molar-refractivity contribution in [2.75, 3.05) is 6.61 Å². The average Bonchev–Trinajstić information content (AvgIpc) is 2.77. The predicted octanol–water partition coefficient (Wildman–Crippen LogP) is 4.25. The first-order valence-electron chi connectivity index (χ1n) is 9.77. The van der Waals surface area contributed by atoms with Crippen LogP contribution in [-0.4, -0.2) is 42.2 Å². The third-order valence-corrected chi connectivity index (χ3v) is 6.46. The minimum atomic E-state index is -3.48. The maximum atomic E-state index is 15.6. The zero-order valence-electron chi connectivity index (χ0n) is 18.3. The molecule has 4 nitrogen and oxygen atoms in total. The fraction of sp³-hybridized carbons (Fsp3) is 0.667. The van der Waals surface area contributed by atoms with Gasteiger partial charge in [0, 0.05) is 11.3 Å². The summed E-state index contributed by atoms with van der Waals surface area (Å²) in [6.07, 6.45) is 0. The summed E-state index contributed by atoms with van der Waals surface area (Å²) >= 11 is 0. The van der Waals surface area contributed by atoms with Crippen molar-refractivity contribution in [3.8, 4) is 0 Å². The van der Waals surface area contributed by atoms with Crippen molar-refractivity contribution in [3.63, 3.8) is 0 Å². The standard InChI is InChI=1S/C21H29BF3NO3/c1-13-12-27-19(6,7)21(24,25)20(8,26-13)15-11-14(9-10-16(15)23)22-28-17(2,3)18(4,5)29-22/h9-11H,12H2,1-8H3/t20-/m1/s1. The molecule has 0 amide bonds. The number of alkyl halides is 2. The Labute approximate surface area is 171 Å². The van der Waals surface area contributed by atoms with Crippen LogP contribution in [-0.2, 0) is 19.6 Å². The Balaban J connectivity index is 2.14. The number of ether oxygens (including phenoxy) is 1. The molecule has 1 aromatic rings. The summed E-state index contributed by atoms with van der Waals surface area (Å²) in [6.45, 7) is 13.0. The normalized spacial score (nSPS) is 30.0. The van der Waals surface area contributed by atoms with Gasteiger partial charge in [0.25, 0.3) is 0 Å². The molecule has 0 spiro atoms. The Hall–Kier alpha value is -1.38. The van der Waals surface area contributed by atoms with Gasteiger partial charge in [-0.2, -0.15) is 0 Å². The molecule has 0 radical (unpaired) electrons. The molecule has 8 heteroatoms. The van der Waals surface area contributed by atoms with Crippen molar-refractivity contribution in [1.29, 1.82) is 0 Å². The van der Waals surface area contributed by atoms with Gasteiger partial charge in [-0.25, -0.2) is 13.2 Å². The lowest BCUT2D eigenvalue weighted by molar-refractivity contribution is -0.214. The van der Waals surface area contributed by atoms with Crippen molar-refractivity contribution in [2.45, 2.75) is 83.7 Å². The second-order valence-electron chi connectivity index (χ2n) is 9.62. The smallest absolute Gasteiger partial charge is 0.399 e. The van der Waals surface area contributed by atoms with Crippen LogP contribution in [0.15, 0.2) is 23.2 Å². The van der Waals surface area contributed by atoms with Gasteiger partial charge in [0.05, 0.1) is 17.8 Å². The molecule has 0 unspecified atom stereocenters. The molecule has 160 valence electrons. The summed E-state index contributed by atoms with van der Waals surface area (Å²) in [4.78, 5) is 4.23. The summed E-state index contributed by atoms with van der Waals surface area (Å²) in [5.74, 6) is -4.24. The van der Waals surface area contributed by atoms with E-state index in [1.54, 1.807) is 6.92 Å². The Bertz CT molecular complexity index is 838. The molecule has 1 fully saturated rings. The van der Waals surface area contributed by atoms with E-state index < -0.39 is 41.2 Å². The van der Waals surface area contributed by atoms with Gasteiger partial charge >= 0.3 is 13.0 Å². The Morgan fingerprint density at radius 1 is 0.931 bits per heavy atom. The molecule has 2 aliphatic rings. The third kappa shape index (κ3) is 3.33. The number of rotatable bonds is 2. The van der Waals surface area contributed by atoms with Gasteiger partial charge in [0.2, 0.25) is 0 Å². The highest BCUT2D eigenvalue weighted by molar-refractivity contribution is 6.62. The molecule has 1 atom stereocenters. The van der Waals surface area contributed by atoms with E-state index in [0.717, 1.165) is 0 Å². The van der Waals surface area contributed by atoms with Gasteiger partial charge in [0.15, 0.2) is 5.54 Å². The first-order valence-corrected chi connectivity index (χ1v) is 9.77. The Morgan fingerprint density at radius 2 is 1.48 bits per heavy atom. The second kappa shape index (κ2) is 6.56. The molecule has 1 aromatic carbocycles. The molecule has 1 saturated heterocycles. The topological polar surface area (TPSA) is 40.0 Å². The van der Waals surface area contributed by atoms with Crippen LogP contribution in [0.2, 0.25) is 0 Å². The predicted molar refractivity (Wildman–Crippen MR) is 108 cm³/mol. The minimum Gasteiger partial charge on any atom is -0.399 e. The number of hydrogen-bond donors (Lipinski definition) is 0. The van der Waals surface area contributed by atoms with E-state index in [1.807, 2.05) is 27.7 Å². The third-order valence-electron chi connectivity index (χ3n) is 6.46. The lowest BCUT2D eigenvalue weighted by Crippen LogP contribution is -2.56. The van der Waals surface area contributed by atoms with Crippen LogP contribution >= 0.6 is 0 Å². The van der Waals surface area contributed by atoms with Crippen molar-refractivity contribution in [3.05, 3.63) is 29.6 Å². The quantitative estimate of drug-likeness (QED) is 0.684. The van der Waals surface area contributed by atoms with E-state index in [2.05, 4.69) is 4.99 Å². The largest absolute Gasteiger partial charge is 0.494 e. The first kappa shape index (κ1) is 22.3. The molecular weight excluding hydrogens is 382 g/mol. The minimum absolute atomic E-state index is 0.0449. The van der Waals surface area contributed by atoms with Crippen LogP contribution < -0.4 is 5.46 Å². The van der Waals surface area contributed by atoms with E-state index in [9.17, 15) is 4.39 Å². The van der Waals surface area contributed by atoms with Crippen LogP contribution in [0.25, 0.3) is 0 Å². The molecule has 0 bridgehead atoms. The van der Waals surface area contributed by atoms with Crippen molar-refractivity contribution >= 4 is 18.3 Å². The fourth-order valence-corrected chi connectivity index (χ4v) is 3.72. The van der Waals surface area contributed by atoms with Crippen LogP contribution in [0.1, 0.15) is 61.0 Å². The van der Waals surface area contributed by atoms with Gasteiger partial charge in [0.1, 0.15) is 11.4 Å². The summed E-state index contributed by atoms with van der Waals surface area (Å²) in [5, 5.41) is 0. The van der Waals surface area contributed by atoms with Gasteiger partial charge in [-0.3, -0.25) is 4.99 Å². The van der Waals surface area contributed by atoms with Crippen LogP contribution in [0, 0.1) is 5.82 Å². The zero-order chi connectivity index (χ0) is 22.0. The Kier molecular flexibility index (Phi) is 5.05. The van der Waals surface area contributed by atoms with Gasteiger partial charge in [-0.05, 0) is 66.9 Å². The highest BCUT2D eigenvalue weighted by Gasteiger charge is 2.64. The summed E-state index contributed by atoms with van der Waals surface area (Å²) in [5.41, 5.74) is -4.57. The maximum Gasteiger partial charge on any atom is 0.494 e. The Morgan fingerprint density at radius 3 is 2.03 bits per heavy atom. The van der Waals surface area contributed by atoms with Crippen LogP contribution in [0.3, 0.4) is 0 Å². The van der Waals surface area contributed by atoms with Crippen molar-refractivity contribution < 1.29 is 27.2 Å². The number of nitrogens with zero attached hydrogens (tertiary/aromatic N) is 1. The fourth-order valence-electron chi connectivity index (χ4n) is 3.72. The summed E-state index contributed by atoms with van der Waals surface area (Å²) in [7, 11) is -0.795. The molecule has 2 heterocycles. The number of halogens is 3. The second-order valence-corrected chi connectivity index (χ2v) is 9.62. The summed E-state index contributed by atoms with van der Waals surface area (Å²) < 4.78 is 63.6. The van der Waals surface area contributed by atoms with E-state index in [-0.39, 0.29) is 12.2 Å². The van der Waals surface area contributed by atoms with E-state index in [4.69, 9.17) is 14.0 Å². The lowest BCUT2D eigenvalue weighted by Gasteiger charge is -2.42. The van der Waals surface area contributed by atoms with Gasteiger partial charge in [-0.1, -0.05) is 12.1 Å². The maximum absolute atomic E-state index is 15.6. The summed E-state index contributed by atoms with van der Waals surface area (Å²) in [6, 6.07) is 4.04. The molecule has 0 aromatic heterocycles. The van der Waals surface area contributed by atoms with Gasteiger partial charge in [-0.15, -0.1) is 0 Å². The SMILES string of the molecule is CC1=N[C@](C)(c2cc(B3OC(C)(C)C(C)(C)O3)ccc2F)C(F)(F)C(C)(C)OC1. The van der Waals surface area contributed by atoms with Gasteiger partial charge < -0.3 is 14.0 Å². The number of benzene rings is 1. The average molecular weight is 411 g/mol. The van der Waals surface area contributed by atoms with Crippen LogP contribution in [0.4, 0.5) is 13.2 Å². The van der Waals surface area contributed by atoms with E-state index in [1.165, 1.54) is 39.0 Å². The zero-order valence-corrected chi connectivity index (χ0v) is 18.3. The number of hydrogen-bond acceptors (Lipinski definition) is 4. The molecule has 2 aliphatic heterocycles. The highest BCUT2D eigenvalue weighted by atomic mass is 19.3. The molecule has 29 heavy (non-hydrogen) atoms. The molecule has 3 rings (SSSR count). The molecular formula is C21H29BF3NO3. The van der Waals surface area contributed by atoms with E-state index in [0.29, 0.717) is 11.2 Å². The molecule has 0 N–H and O–H groups in total. The lowest BCUT2D eigenvalue weighted by atomic mass is 9.73. The number of aliphatic imine (C=N–C) groups is 1. The molecule has 0 aliphatic carbocycles. The molecule has 0 saturated carbocycles.